The van der Waals surface area contributed by atoms with Crippen LogP contribution in [0.2, 0.25) is 0 Å². The van der Waals surface area contributed by atoms with Crippen LogP contribution in [0.3, 0.4) is 0 Å². The third kappa shape index (κ3) is 3.12. The number of carbonyl (C=O) groups excluding carboxylic acids is 2. The van der Waals surface area contributed by atoms with Gasteiger partial charge in [0.25, 0.3) is 5.91 Å². The van der Waals surface area contributed by atoms with E-state index in [1.807, 2.05) is 32.0 Å². The summed E-state index contributed by atoms with van der Waals surface area (Å²) in [6, 6.07) is 15.0. The van der Waals surface area contributed by atoms with E-state index in [1.165, 1.54) is 0 Å². The van der Waals surface area contributed by atoms with Crippen LogP contribution in [0, 0.1) is 5.41 Å². The van der Waals surface area contributed by atoms with E-state index >= 15 is 0 Å². The topological polar surface area (TPSA) is 58.6 Å². The summed E-state index contributed by atoms with van der Waals surface area (Å²) in [4.78, 5) is 28.1. The van der Waals surface area contributed by atoms with Crippen LogP contribution < -0.4 is 10.1 Å². The van der Waals surface area contributed by atoms with E-state index in [9.17, 15) is 9.59 Å². The van der Waals surface area contributed by atoms with Gasteiger partial charge in [0.05, 0.1) is 23.6 Å². The van der Waals surface area contributed by atoms with E-state index < -0.39 is 5.41 Å². The first-order valence-corrected chi connectivity index (χ1v) is 9.40. The molecule has 1 fully saturated rings. The zero-order valence-electron chi connectivity index (χ0n) is 15.7. The van der Waals surface area contributed by atoms with Gasteiger partial charge in [0.15, 0.2) is 5.78 Å². The lowest BCUT2D eigenvalue weighted by Gasteiger charge is -2.27. The molecule has 5 nitrogen and oxygen atoms in total. The standard InChI is InChI=1S/C22H24N2O3/c1-3-27-16-10-8-15(9-11-16)12-24-13-19-22(2,14-24)20(25)17-6-4-5-7-18(17)21(26)23-19/h4-11,19H,3,12-14H2,1-2H3,(H,23,26)/t19-,22+/m1/s1. The summed E-state index contributed by atoms with van der Waals surface area (Å²) in [7, 11) is 0. The Bertz CT molecular complexity index is 877. The third-order valence-corrected chi connectivity index (χ3v) is 5.64. The molecule has 140 valence electrons. The molecular formula is C22H24N2O3. The maximum atomic E-state index is 13.3. The van der Waals surface area contributed by atoms with Crippen molar-refractivity contribution in [3.63, 3.8) is 0 Å². The number of amides is 1. The molecule has 2 heterocycles. The molecule has 0 spiro atoms. The molecule has 0 aliphatic carbocycles. The highest BCUT2D eigenvalue weighted by Gasteiger charge is 2.51. The quantitative estimate of drug-likeness (QED) is 0.906. The number of Topliss-reactive ketones (excluding diaryl/α,β-unsaturated/α-hetero) is 1. The van der Waals surface area contributed by atoms with Crippen LogP contribution in [0.4, 0.5) is 0 Å². The summed E-state index contributed by atoms with van der Waals surface area (Å²) in [6.45, 7) is 6.61. The van der Waals surface area contributed by atoms with E-state index in [0.717, 1.165) is 17.9 Å². The number of benzene rings is 2. The SMILES string of the molecule is CCOc1ccc(CN2C[C@H]3NC(=O)c4ccccc4C(=O)[C@@]3(C)C2)cc1. The number of likely N-dealkylation sites (tertiary alicyclic amines) is 1. The van der Waals surface area contributed by atoms with E-state index in [2.05, 4.69) is 22.3 Å². The summed E-state index contributed by atoms with van der Waals surface area (Å²) in [5.74, 6) is 0.755. The summed E-state index contributed by atoms with van der Waals surface area (Å²) >= 11 is 0. The van der Waals surface area contributed by atoms with Gasteiger partial charge in [-0.2, -0.15) is 0 Å². The first-order chi connectivity index (χ1) is 13.0. The van der Waals surface area contributed by atoms with Gasteiger partial charge in [-0.1, -0.05) is 30.3 Å². The largest absolute Gasteiger partial charge is 0.494 e. The molecule has 2 aromatic rings. The average Bonchev–Trinajstić information content (AvgIpc) is 2.95. The zero-order valence-corrected chi connectivity index (χ0v) is 15.7. The molecular weight excluding hydrogens is 340 g/mol. The van der Waals surface area contributed by atoms with Gasteiger partial charge in [-0.25, -0.2) is 0 Å². The molecule has 0 unspecified atom stereocenters. The van der Waals surface area contributed by atoms with E-state index in [-0.39, 0.29) is 17.7 Å². The molecule has 0 aromatic heterocycles. The predicted octanol–water partition coefficient (Wildman–Crippen LogP) is 2.90. The maximum absolute atomic E-state index is 13.3. The molecule has 2 atom stereocenters. The van der Waals surface area contributed by atoms with Crippen molar-refractivity contribution in [3.05, 3.63) is 65.2 Å². The number of hydrogen-bond acceptors (Lipinski definition) is 4. The van der Waals surface area contributed by atoms with Crippen LogP contribution in [-0.2, 0) is 6.54 Å². The number of ether oxygens (including phenoxy) is 1. The molecule has 2 aliphatic heterocycles. The minimum absolute atomic E-state index is 0.0515. The highest BCUT2D eigenvalue weighted by molar-refractivity contribution is 6.12. The Kier molecular flexibility index (Phi) is 4.48. The van der Waals surface area contributed by atoms with Crippen LogP contribution in [0.25, 0.3) is 0 Å². The van der Waals surface area contributed by atoms with Crippen molar-refractivity contribution >= 4 is 11.7 Å². The average molecular weight is 364 g/mol. The van der Waals surface area contributed by atoms with Gasteiger partial charge < -0.3 is 10.1 Å². The maximum Gasteiger partial charge on any atom is 0.252 e. The third-order valence-electron chi connectivity index (χ3n) is 5.64. The van der Waals surface area contributed by atoms with Crippen molar-refractivity contribution < 1.29 is 14.3 Å². The molecule has 0 radical (unpaired) electrons. The van der Waals surface area contributed by atoms with Gasteiger partial charge in [0.2, 0.25) is 0 Å². The molecule has 5 heteroatoms. The molecule has 1 amide bonds. The summed E-state index contributed by atoms with van der Waals surface area (Å²) in [5.41, 5.74) is 1.56. The predicted molar refractivity (Wildman–Crippen MR) is 103 cm³/mol. The van der Waals surface area contributed by atoms with Crippen molar-refractivity contribution in [2.75, 3.05) is 19.7 Å². The minimum Gasteiger partial charge on any atom is -0.494 e. The van der Waals surface area contributed by atoms with E-state index in [1.54, 1.807) is 18.2 Å². The summed E-state index contributed by atoms with van der Waals surface area (Å²) in [5, 5.41) is 3.09. The van der Waals surface area contributed by atoms with Crippen molar-refractivity contribution in [2.45, 2.75) is 26.4 Å². The molecule has 4 rings (SSSR count). The summed E-state index contributed by atoms with van der Waals surface area (Å²) < 4.78 is 5.49. The number of carbonyl (C=O) groups is 2. The number of fused-ring (bicyclic) bond motifs is 2. The molecule has 27 heavy (non-hydrogen) atoms. The first kappa shape index (κ1) is 17.7. The monoisotopic (exact) mass is 364 g/mol. The van der Waals surface area contributed by atoms with Gasteiger partial charge in [-0.15, -0.1) is 0 Å². The van der Waals surface area contributed by atoms with Gasteiger partial charge in [-0.3, -0.25) is 14.5 Å². The second-order valence-corrected chi connectivity index (χ2v) is 7.56. The van der Waals surface area contributed by atoms with Gasteiger partial charge in [0.1, 0.15) is 5.75 Å². The normalized spacial score (nSPS) is 24.7. The van der Waals surface area contributed by atoms with Crippen LogP contribution >= 0.6 is 0 Å². The van der Waals surface area contributed by atoms with Crippen LogP contribution in [0.1, 0.15) is 40.1 Å². The molecule has 0 bridgehead atoms. The zero-order chi connectivity index (χ0) is 19.0. The lowest BCUT2D eigenvalue weighted by Crippen LogP contribution is -2.47. The molecule has 0 saturated carbocycles. The number of rotatable bonds is 4. The smallest absolute Gasteiger partial charge is 0.252 e. The lowest BCUT2D eigenvalue weighted by molar-refractivity contribution is 0.0789. The Morgan fingerprint density at radius 3 is 2.52 bits per heavy atom. The van der Waals surface area contributed by atoms with Crippen molar-refractivity contribution in [3.8, 4) is 5.75 Å². The Hall–Kier alpha value is -2.66. The Morgan fingerprint density at radius 1 is 1.11 bits per heavy atom. The fraction of sp³-hybridized carbons (Fsp3) is 0.364. The summed E-state index contributed by atoms with van der Waals surface area (Å²) in [6.07, 6.45) is 0. The van der Waals surface area contributed by atoms with Crippen molar-refractivity contribution in [2.24, 2.45) is 5.41 Å². The first-order valence-electron chi connectivity index (χ1n) is 9.40. The molecule has 2 aliphatic rings. The van der Waals surface area contributed by atoms with Crippen molar-refractivity contribution in [1.29, 1.82) is 0 Å². The Labute approximate surface area is 159 Å². The van der Waals surface area contributed by atoms with Crippen LogP contribution in [-0.4, -0.2) is 42.3 Å². The lowest BCUT2D eigenvalue weighted by atomic mass is 9.78. The number of ketones is 1. The van der Waals surface area contributed by atoms with E-state index in [4.69, 9.17) is 4.74 Å². The number of nitrogens with one attached hydrogen (secondary N) is 1. The Balaban J connectivity index is 1.55. The minimum atomic E-state index is -0.618. The fourth-order valence-electron chi connectivity index (χ4n) is 4.19. The molecule has 2 aromatic carbocycles. The van der Waals surface area contributed by atoms with E-state index in [0.29, 0.717) is 30.8 Å². The number of hydrogen-bond donors (Lipinski definition) is 1. The molecule has 1 N–H and O–H groups in total. The fourth-order valence-corrected chi connectivity index (χ4v) is 4.19. The van der Waals surface area contributed by atoms with Crippen LogP contribution in [0.15, 0.2) is 48.5 Å². The molecule has 1 saturated heterocycles. The van der Waals surface area contributed by atoms with Crippen molar-refractivity contribution in [1.82, 2.24) is 10.2 Å². The highest BCUT2D eigenvalue weighted by atomic mass is 16.5. The Morgan fingerprint density at radius 2 is 1.81 bits per heavy atom. The van der Waals surface area contributed by atoms with Gasteiger partial charge in [-0.05, 0) is 37.6 Å². The number of nitrogens with zero attached hydrogens (tertiary/aromatic N) is 1. The highest BCUT2D eigenvalue weighted by Crippen LogP contribution is 2.37. The van der Waals surface area contributed by atoms with Gasteiger partial charge in [0, 0.05) is 25.2 Å². The van der Waals surface area contributed by atoms with Crippen LogP contribution in [0.5, 0.6) is 5.75 Å². The van der Waals surface area contributed by atoms with Gasteiger partial charge >= 0.3 is 0 Å². The second kappa shape index (κ2) is 6.82. The second-order valence-electron chi connectivity index (χ2n) is 7.56.